The fraction of sp³-hybridized carbons (Fsp3) is 0.625. The summed E-state index contributed by atoms with van der Waals surface area (Å²) in [6.45, 7) is 0.887. The lowest BCUT2D eigenvalue weighted by atomic mass is 9.80. The first-order chi connectivity index (χ1) is 9.67. The quantitative estimate of drug-likeness (QED) is 0.789. The standard InChI is InChI=1S/C16H22ClNOS/c17-14-5-4-12(18)10-15(14)20-13-6-9-19-16(11-13)7-2-1-3-8-16/h4-5,10,13H,1-3,6-9,11,18H2. The van der Waals surface area contributed by atoms with E-state index in [9.17, 15) is 0 Å². The highest BCUT2D eigenvalue weighted by atomic mass is 35.5. The van der Waals surface area contributed by atoms with Crippen molar-refractivity contribution in [3.63, 3.8) is 0 Å². The summed E-state index contributed by atoms with van der Waals surface area (Å²) in [5.41, 5.74) is 6.81. The Bertz CT molecular complexity index is 468. The van der Waals surface area contributed by atoms with Crippen LogP contribution in [0.3, 0.4) is 0 Å². The zero-order valence-electron chi connectivity index (χ0n) is 11.7. The molecule has 1 heterocycles. The molecule has 1 atom stereocenters. The zero-order chi connectivity index (χ0) is 14.0. The van der Waals surface area contributed by atoms with Gasteiger partial charge in [0.2, 0.25) is 0 Å². The van der Waals surface area contributed by atoms with Crippen LogP contribution in [0, 0.1) is 0 Å². The van der Waals surface area contributed by atoms with Crippen molar-refractivity contribution in [2.24, 2.45) is 0 Å². The average molecular weight is 312 g/mol. The van der Waals surface area contributed by atoms with Crippen LogP contribution in [-0.2, 0) is 4.74 Å². The Labute approximate surface area is 130 Å². The lowest BCUT2D eigenvalue weighted by molar-refractivity contribution is -0.0970. The lowest BCUT2D eigenvalue weighted by Gasteiger charge is -2.43. The second-order valence-corrected chi connectivity index (χ2v) is 7.76. The molecule has 0 amide bonds. The van der Waals surface area contributed by atoms with Crippen molar-refractivity contribution in [1.29, 1.82) is 0 Å². The van der Waals surface area contributed by atoms with Gasteiger partial charge in [-0.15, -0.1) is 11.8 Å². The summed E-state index contributed by atoms with van der Waals surface area (Å²) in [4.78, 5) is 1.12. The minimum atomic E-state index is 0.154. The second kappa shape index (κ2) is 6.17. The van der Waals surface area contributed by atoms with Crippen LogP contribution >= 0.6 is 23.4 Å². The summed E-state index contributed by atoms with van der Waals surface area (Å²) < 4.78 is 6.16. The van der Waals surface area contributed by atoms with Crippen molar-refractivity contribution >= 4 is 29.1 Å². The Kier molecular flexibility index (Phi) is 4.49. The highest BCUT2D eigenvalue weighted by Crippen LogP contribution is 2.44. The predicted octanol–water partition coefficient (Wildman–Crippen LogP) is 4.90. The molecule has 1 aromatic carbocycles. The maximum Gasteiger partial charge on any atom is 0.0693 e. The van der Waals surface area contributed by atoms with E-state index in [4.69, 9.17) is 22.1 Å². The van der Waals surface area contributed by atoms with Crippen LogP contribution in [-0.4, -0.2) is 17.5 Å². The van der Waals surface area contributed by atoms with Gasteiger partial charge in [-0.25, -0.2) is 0 Å². The van der Waals surface area contributed by atoms with Crippen LogP contribution in [0.15, 0.2) is 23.1 Å². The van der Waals surface area contributed by atoms with Gasteiger partial charge in [0.05, 0.1) is 10.6 Å². The molecule has 3 rings (SSSR count). The molecule has 1 aliphatic carbocycles. The molecule has 20 heavy (non-hydrogen) atoms. The molecule has 110 valence electrons. The summed E-state index contributed by atoms with van der Waals surface area (Å²) in [5, 5.41) is 1.41. The normalized spacial score (nSPS) is 25.8. The molecule has 1 unspecified atom stereocenters. The van der Waals surface area contributed by atoms with Gasteiger partial charge in [0, 0.05) is 22.4 Å². The predicted molar refractivity (Wildman–Crippen MR) is 86.5 cm³/mol. The molecule has 1 spiro atoms. The number of thioether (sulfide) groups is 1. The highest BCUT2D eigenvalue weighted by Gasteiger charge is 2.38. The summed E-state index contributed by atoms with van der Waals surface area (Å²) in [6.07, 6.45) is 8.72. The third kappa shape index (κ3) is 3.26. The topological polar surface area (TPSA) is 35.2 Å². The van der Waals surface area contributed by atoms with Gasteiger partial charge in [-0.05, 0) is 43.9 Å². The van der Waals surface area contributed by atoms with Crippen molar-refractivity contribution in [2.45, 2.75) is 60.7 Å². The third-order valence-corrected chi connectivity index (χ3v) is 6.23. The Morgan fingerprint density at radius 1 is 1.25 bits per heavy atom. The molecular weight excluding hydrogens is 290 g/mol. The summed E-state index contributed by atoms with van der Waals surface area (Å²) >= 11 is 8.17. The molecule has 2 nitrogen and oxygen atoms in total. The minimum absolute atomic E-state index is 0.154. The number of benzene rings is 1. The Balaban J connectivity index is 1.69. The summed E-state index contributed by atoms with van der Waals surface area (Å²) in [5.74, 6) is 0. The van der Waals surface area contributed by atoms with E-state index in [2.05, 4.69) is 0 Å². The Morgan fingerprint density at radius 2 is 2.05 bits per heavy atom. The Hall–Kier alpha value is -0.380. The minimum Gasteiger partial charge on any atom is -0.399 e. The van der Waals surface area contributed by atoms with E-state index in [1.807, 2.05) is 30.0 Å². The molecular formula is C16H22ClNOS. The van der Waals surface area contributed by atoms with E-state index in [0.29, 0.717) is 5.25 Å². The first kappa shape index (κ1) is 14.6. The largest absolute Gasteiger partial charge is 0.399 e. The summed E-state index contributed by atoms with van der Waals surface area (Å²) in [7, 11) is 0. The van der Waals surface area contributed by atoms with Crippen LogP contribution in [0.1, 0.15) is 44.9 Å². The van der Waals surface area contributed by atoms with Crippen molar-refractivity contribution in [3.8, 4) is 0 Å². The molecule has 0 aromatic heterocycles. The van der Waals surface area contributed by atoms with E-state index in [0.717, 1.165) is 35.1 Å². The van der Waals surface area contributed by atoms with Crippen molar-refractivity contribution in [2.75, 3.05) is 12.3 Å². The molecule has 1 aliphatic heterocycles. The van der Waals surface area contributed by atoms with Crippen LogP contribution in [0.2, 0.25) is 5.02 Å². The zero-order valence-corrected chi connectivity index (χ0v) is 13.3. The number of halogens is 1. The smallest absolute Gasteiger partial charge is 0.0693 e. The number of nitrogens with two attached hydrogens (primary N) is 1. The maximum absolute atomic E-state index is 6.29. The van der Waals surface area contributed by atoms with E-state index < -0.39 is 0 Å². The molecule has 2 aliphatic rings. The van der Waals surface area contributed by atoms with Crippen molar-refractivity contribution < 1.29 is 4.74 Å². The SMILES string of the molecule is Nc1ccc(Cl)c(SC2CCOC3(CCCCC3)C2)c1. The monoisotopic (exact) mass is 311 g/mol. The third-order valence-electron chi connectivity index (χ3n) is 4.46. The van der Waals surface area contributed by atoms with Crippen LogP contribution in [0.4, 0.5) is 5.69 Å². The molecule has 1 saturated carbocycles. The van der Waals surface area contributed by atoms with Crippen LogP contribution < -0.4 is 5.73 Å². The van der Waals surface area contributed by atoms with E-state index in [1.165, 1.54) is 32.1 Å². The highest BCUT2D eigenvalue weighted by molar-refractivity contribution is 8.00. The van der Waals surface area contributed by atoms with Gasteiger partial charge in [0.25, 0.3) is 0 Å². The fourth-order valence-corrected chi connectivity index (χ4v) is 5.01. The van der Waals surface area contributed by atoms with Crippen molar-refractivity contribution in [3.05, 3.63) is 23.2 Å². The number of hydrogen-bond acceptors (Lipinski definition) is 3. The van der Waals surface area contributed by atoms with Gasteiger partial charge in [0.1, 0.15) is 0 Å². The number of nitrogen functional groups attached to an aromatic ring is 1. The molecule has 1 saturated heterocycles. The first-order valence-corrected chi connectivity index (χ1v) is 8.78. The number of hydrogen-bond donors (Lipinski definition) is 1. The Morgan fingerprint density at radius 3 is 2.85 bits per heavy atom. The number of anilines is 1. The molecule has 2 fully saturated rings. The fourth-order valence-electron chi connectivity index (χ4n) is 3.42. The van der Waals surface area contributed by atoms with Crippen molar-refractivity contribution in [1.82, 2.24) is 0 Å². The molecule has 0 bridgehead atoms. The molecule has 0 radical (unpaired) electrons. The van der Waals surface area contributed by atoms with Gasteiger partial charge >= 0.3 is 0 Å². The van der Waals surface area contributed by atoms with Crippen LogP contribution in [0.25, 0.3) is 0 Å². The van der Waals surface area contributed by atoms with E-state index >= 15 is 0 Å². The van der Waals surface area contributed by atoms with E-state index in [-0.39, 0.29) is 5.60 Å². The van der Waals surface area contributed by atoms with Gasteiger partial charge in [-0.2, -0.15) is 0 Å². The van der Waals surface area contributed by atoms with E-state index in [1.54, 1.807) is 0 Å². The molecule has 4 heteroatoms. The van der Waals surface area contributed by atoms with Gasteiger partial charge in [0.15, 0.2) is 0 Å². The number of ether oxygens (including phenoxy) is 1. The molecule has 2 N–H and O–H groups in total. The van der Waals surface area contributed by atoms with Gasteiger partial charge in [-0.1, -0.05) is 30.9 Å². The van der Waals surface area contributed by atoms with Crippen LogP contribution in [0.5, 0.6) is 0 Å². The van der Waals surface area contributed by atoms with Gasteiger partial charge < -0.3 is 10.5 Å². The average Bonchev–Trinajstić information content (AvgIpc) is 2.44. The maximum atomic E-state index is 6.29. The lowest BCUT2D eigenvalue weighted by Crippen LogP contribution is -2.42. The summed E-state index contributed by atoms with van der Waals surface area (Å²) in [6, 6.07) is 5.75. The second-order valence-electron chi connectivity index (χ2n) is 6.01. The van der Waals surface area contributed by atoms with Gasteiger partial charge in [-0.3, -0.25) is 0 Å². The first-order valence-electron chi connectivity index (χ1n) is 7.53. The number of rotatable bonds is 2. The molecule has 1 aromatic rings.